The number of nitrogens with zero attached hydrogens (tertiary/aromatic N) is 3. The second-order valence-corrected chi connectivity index (χ2v) is 5.77. The molecule has 2 rings (SSSR count). The van der Waals surface area contributed by atoms with Crippen LogP contribution in [0, 0.1) is 18.8 Å². The number of carbonyl (C=O) groups excluding carboxylic acids is 1. The second-order valence-electron chi connectivity index (χ2n) is 5.77. The fourth-order valence-electron chi connectivity index (χ4n) is 2.67. The van der Waals surface area contributed by atoms with Gasteiger partial charge in [-0.2, -0.15) is 4.98 Å². The summed E-state index contributed by atoms with van der Waals surface area (Å²) in [5, 5.41) is 7.22. The summed E-state index contributed by atoms with van der Waals surface area (Å²) in [6.45, 7) is 6.46. The Kier molecular flexibility index (Phi) is 7.11. The number of hydrogen-bond acceptors (Lipinski definition) is 5. The highest BCUT2D eigenvalue weighted by Crippen LogP contribution is 2.23. The molecule has 0 bridgehead atoms. The summed E-state index contributed by atoms with van der Waals surface area (Å²) in [6.07, 6.45) is 3.01. The third kappa shape index (κ3) is 5.28. The van der Waals surface area contributed by atoms with Gasteiger partial charge in [0.2, 0.25) is 11.8 Å². The highest BCUT2D eigenvalue weighted by molar-refractivity contribution is 5.85. The first-order valence-electron chi connectivity index (χ1n) is 7.30. The maximum absolute atomic E-state index is 12.2. The Bertz CT molecular complexity index is 446. The Balaban J connectivity index is 0.00000220. The van der Waals surface area contributed by atoms with Crippen LogP contribution in [0.4, 0.5) is 0 Å². The zero-order valence-electron chi connectivity index (χ0n) is 13.0. The van der Waals surface area contributed by atoms with Gasteiger partial charge in [-0.1, -0.05) is 12.1 Å². The number of aryl methyl sites for hydroxylation is 1. The van der Waals surface area contributed by atoms with E-state index in [2.05, 4.69) is 22.4 Å². The van der Waals surface area contributed by atoms with Crippen molar-refractivity contribution >= 4 is 18.3 Å². The molecule has 1 saturated heterocycles. The van der Waals surface area contributed by atoms with Gasteiger partial charge in [0.15, 0.2) is 5.82 Å². The molecule has 6 nitrogen and oxygen atoms in total. The van der Waals surface area contributed by atoms with Crippen LogP contribution in [0.1, 0.15) is 37.9 Å². The highest BCUT2D eigenvalue weighted by atomic mass is 35.5. The minimum atomic E-state index is 0. The van der Waals surface area contributed by atoms with Gasteiger partial charge < -0.3 is 14.7 Å². The van der Waals surface area contributed by atoms with Gasteiger partial charge in [0.05, 0.1) is 6.54 Å². The summed E-state index contributed by atoms with van der Waals surface area (Å²) in [7, 11) is 1.79. The van der Waals surface area contributed by atoms with E-state index in [1.807, 2.05) is 0 Å². The molecular weight excluding hydrogens is 292 g/mol. The second kappa shape index (κ2) is 8.34. The molecule has 0 aliphatic carbocycles. The summed E-state index contributed by atoms with van der Waals surface area (Å²) in [4.78, 5) is 18.0. The Morgan fingerprint density at radius 2 is 2.33 bits per heavy atom. The number of hydrogen-bond donors (Lipinski definition) is 1. The monoisotopic (exact) mass is 316 g/mol. The first-order chi connectivity index (χ1) is 9.56. The molecule has 0 spiro atoms. The molecule has 120 valence electrons. The Labute approximate surface area is 132 Å². The molecule has 1 fully saturated rings. The van der Waals surface area contributed by atoms with Gasteiger partial charge in [0.1, 0.15) is 0 Å². The van der Waals surface area contributed by atoms with Gasteiger partial charge in [0.25, 0.3) is 0 Å². The van der Waals surface area contributed by atoms with Crippen molar-refractivity contribution in [1.29, 1.82) is 0 Å². The smallest absolute Gasteiger partial charge is 0.223 e. The van der Waals surface area contributed by atoms with Crippen LogP contribution >= 0.6 is 12.4 Å². The topological polar surface area (TPSA) is 71.3 Å². The van der Waals surface area contributed by atoms with Crippen molar-refractivity contribution in [2.24, 2.45) is 11.8 Å². The van der Waals surface area contributed by atoms with Crippen LogP contribution in [0.25, 0.3) is 0 Å². The molecule has 1 aliphatic heterocycles. The van der Waals surface area contributed by atoms with E-state index in [-0.39, 0.29) is 18.3 Å². The third-order valence-corrected chi connectivity index (χ3v) is 4.01. The van der Waals surface area contributed by atoms with Gasteiger partial charge in [-0.05, 0) is 37.8 Å². The van der Waals surface area contributed by atoms with E-state index in [1.165, 1.54) is 12.8 Å². The Morgan fingerprint density at radius 1 is 1.57 bits per heavy atom. The molecule has 2 atom stereocenters. The molecule has 1 aliphatic rings. The fourth-order valence-corrected chi connectivity index (χ4v) is 2.67. The van der Waals surface area contributed by atoms with Crippen molar-refractivity contribution in [3.8, 4) is 0 Å². The first kappa shape index (κ1) is 17.9. The maximum Gasteiger partial charge on any atom is 0.223 e. The summed E-state index contributed by atoms with van der Waals surface area (Å²) in [5.41, 5.74) is 0. The minimum Gasteiger partial charge on any atom is -0.340 e. The predicted octanol–water partition coefficient (Wildman–Crippen LogP) is 1.78. The molecule has 2 unspecified atom stereocenters. The molecule has 0 radical (unpaired) electrons. The van der Waals surface area contributed by atoms with Crippen LogP contribution in [-0.4, -0.2) is 41.1 Å². The summed E-state index contributed by atoms with van der Waals surface area (Å²) < 4.78 is 4.91. The molecule has 21 heavy (non-hydrogen) atoms. The van der Waals surface area contributed by atoms with Gasteiger partial charge in [-0.25, -0.2) is 0 Å². The number of aromatic nitrogens is 2. The molecule has 1 aromatic rings. The number of nitrogens with one attached hydrogen (secondary N) is 1. The first-order valence-corrected chi connectivity index (χ1v) is 7.30. The summed E-state index contributed by atoms with van der Waals surface area (Å²) in [5.74, 6) is 2.25. The zero-order valence-corrected chi connectivity index (χ0v) is 13.8. The minimum absolute atomic E-state index is 0. The molecular formula is C14H25ClN4O2. The molecule has 1 amide bonds. The third-order valence-electron chi connectivity index (χ3n) is 4.01. The van der Waals surface area contributed by atoms with Crippen LogP contribution in [0.3, 0.4) is 0 Å². The van der Waals surface area contributed by atoms with Crippen molar-refractivity contribution in [3.63, 3.8) is 0 Å². The van der Waals surface area contributed by atoms with Crippen molar-refractivity contribution in [1.82, 2.24) is 20.4 Å². The maximum atomic E-state index is 12.2. The number of rotatable bonds is 5. The van der Waals surface area contributed by atoms with Crippen LogP contribution in [0.2, 0.25) is 0 Å². The van der Waals surface area contributed by atoms with E-state index in [1.54, 1.807) is 18.9 Å². The highest BCUT2D eigenvalue weighted by Gasteiger charge is 2.23. The average Bonchev–Trinajstić information content (AvgIpc) is 2.85. The van der Waals surface area contributed by atoms with Gasteiger partial charge >= 0.3 is 0 Å². The van der Waals surface area contributed by atoms with Crippen LogP contribution in [0.15, 0.2) is 4.52 Å². The molecule has 1 aromatic heterocycles. The van der Waals surface area contributed by atoms with Gasteiger partial charge in [-0.3, -0.25) is 4.79 Å². The number of halogens is 1. The lowest BCUT2D eigenvalue weighted by molar-refractivity contribution is -0.131. The van der Waals surface area contributed by atoms with E-state index in [0.717, 1.165) is 13.1 Å². The Morgan fingerprint density at radius 3 is 2.90 bits per heavy atom. The lowest BCUT2D eigenvalue weighted by atomic mass is 9.85. The summed E-state index contributed by atoms with van der Waals surface area (Å²) in [6, 6.07) is 0. The average molecular weight is 317 g/mol. The summed E-state index contributed by atoms with van der Waals surface area (Å²) >= 11 is 0. The van der Waals surface area contributed by atoms with Crippen molar-refractivity contribution in [2.45, 2.75) is 39.7 Å². The molecule has 1 N–H and O–H groups in total. The Hall–Kier alpha value is -1.14. The van der Waals surface area contributed by atoms with Crippen LogP contribution in [-0.2, 0) is 11.3 Å². The van der Waals surface area contributed by atoms with E-state index in [4.69, 9.17) is 4.52 Å². The molecule has 7 heteroatoms. The van der Waals surface area contributed by atoms with Crippen molar-refractivity contribution < 1.29 is 9.32 Å². The number of piperidine rings is 1. The van der Waals surface area contributed by atoms with E-state index in [9.17, 15) is 4.79 Å². The van der Waals surface area contributed by atoms with Crippen LogP contribution < -0.4 is 5.32 Å². The largest absolute Gasteiger partial charge is 0.340 e. The normalized spacial score (nSPS) is 19.7. The van der Waals surface area contributed by atoms with Gasteiger partial charge in [-0.15, -0.1) is 12.4 Å². The van der Waals surface area contributed by atoms with Crippen LogP contribution in [0.5, 0.6) is 0 Å². The molecule has 0 saturated carbocycles. The van der Waals surface area contributed by atoms with Crippen molar-refractivity contribution in [3.05, 3.63) is 11.7 Å². The van der Waals surface area contributed by atoms with E-state index < -0.39 is 0 Å². The predicted molar refractivity (Wildman–Crippen MR) is 82.1 cm³/mol. The molecule has 0 aromatic carbocycles. The standard InChI is InChI=1S/C14H24N4O2.ClH/c1-10(12-5-4-6-15-8-12)7-14(19)18(3)9-13-16-11(2)20-17-13;/h10,12,15H,4-9H2,1-3H3;1H. The number of carbonyl (C=O) groups is 1. The quantitative estimate of drug-likeness (QED) is 0.896. The van der Waals surface area contributed by atoms with Gasteiger partial charge in [0, 0.05) is 20.4 Å². The lowest BCUT2D eigenvalue weighted by Gasteiger charge is -2.29. The SMILES string of the molecule is Cc1nc(CN(C)C(=O)CC(C)C2CCCNC2)no1.Cl. The fraction of sp³-hybridized carbons (Fsp3) is 0.786. The van der Waals surface area contributed by atoms with E-state index >= 15 is 0 Å². The number of amides is 1. The van der Waals surface area contributed by atoms with E-state index in [0.29, 0.717) is 36.5 Å². The van der Waals surface area contributed by atoms with Crippen molar-refractivity contribution in [2.75, 3.05) is 20.1 Å². The molecule has 2 heterocycles. The zero-order chi connectivity index (χ0) is 14.5. The lowest BCUT2D eigenvalue weighted by Crippen LogP contribution is -2.36.